The molecule has 26 heavy (non-hydrogen) atoms. The molecule has 0 bridgehead atoms. The number of carbonyl (C=O) groups excluding carboxylic acids is 1. The predicted octanol–water partition coefficient (Wildman–Crippen LogP) is 5.06. The maximum Gasteiger partial charge on any atom is 0.323 e. The average molecular weight is 369 g/mol. The molecule has 0 atom stereocenters. The number of hydrogen-bond acceptors (Lipinski definition) is 4. The molecule has 4 N–H and O–H groups in total. The summed E-state index contributed by atoms with van der Waals surface area (Å²) in [6.07, 6.45) is 1.45. The number of aromatic nitrogens is 1. The number of nitrogens with zero attached hydrogens (tertiary/aromatic N) is 1. The molecule has 132 valence electrons. The van der Waals surface area contributed by atoms with Crippen molar-refractivity contribution < 1.29 is 9.53 Å². The maximum atomic E-state index is 12.0. The average Bonchev–Trinajstić information content (AvgIpc) is 2.62. The molecule has 0 aliphatic carbocycles. The second-order valence-corrected chi connectivity index (χ2v) is 6.04. The van der Waals surface area contributed by atoms with E-state index in [9.17, 15) is 4.79 Å². The lowest BCUT2D eigenvalue weighted by Crippen LogP contribution is -2.19. The predicted molar refractivity (Wildman–Crippen MR) is 104 cm³/mol. The smallest absolute Gasteiger partial charge is 0.323 e. The molecule has 6 nitrogen and oxygen atoms in total. The van der Waals surface area contributed by atoms with Gasteiger partial charge in [-0.2, -0.15) is 0 Å². The van der Waals surface area contributed by atoms with Gasteiger partial charge in [0.2, 0.25) is 0 Å². The number of nitrogens with two attached hydrogens (primary N) is 1. The van der Waals surface area contributed by atoms with Gasteiger partial charge in [-0.15, -0.1) is 0 Å². The van der Waals surface area contributed by atoms with Crippen molar-refractivity contribution in [3.8, 4) is 11.5 Å². The summed E-state index contributed by atoms with van der Waals surface area (Å²) in [6, 6.07) is 15.7. The third-order valence-corrected chi connectivity index (χ3v) is 3.70. The first kappa shape index (κ1) is 17.6. The molecule has 2 amide bonds. The molecule has 3 rings (SSSR count). The Labute approximate surface area is 156 Å². The second-order valence-electron chi connectivity index (χ2n) is 5.61. The van der Waals surface area contributed by atoms with Crippen LogP contribution in [0.1, 0.15) is 5.56 Å². The molecule has 0 saturated heterocycles. The van der Waals surface area contributed by atoms with Crippen molar-refractivity contribution >= 4 is 34.8 Å². The standard InChI is InChI=1S/C19H17ClN4O2/c1-12-2-4-14(5-3-12)23-19(25)24-15-6-8-16(9-7-15)26-17-10-13(20)11-22-18(17)21/h2-11H,1H3,(H2,21,22)(H2,23,24,25). The van der Waals surface area contributed by atoms with Gasteiger partial charge in [0.1, 0.15) is 5.75 Å². The van der Waals surface area contributed by atoms with Crippen LogP contribution in [0.3, 0.4) is 0 Å². The number of benzene rings is 2. The highest BCUT2D eigenvalue weighted by atomic mass is 35.5. The first-order chi connectivity index (χ1) is 12.5. The first-order valence-corrected chi connectivity index (χ1v) is 8.21. The molecule has 0 aliphatic heterocycles. The zero-order chi connectivity index (χ0) is 18.5. The number of carbonyl (C=O) groups is 1. The topological polar surface area (TPSA) is 89.3 Å². The van der Waals surface area contributed by atoms with Crippen LogP contribution in [-0.4, -0.2) is 11.0 Å². The Kier molecular flexibility index (Phi) is 5.24. The molecule has 0 fully saturated rings. The minimum absolute atomic E-state index is 0.245. The van der Waals surface area contributed by atoms with Crippen LogP contribution < -0.4 is 21.1 Å². The molecule has 1 aromatic heterocycles. The van der Waals surface area contributed by atoms with Crippen molar-refractivity contribution in [1.29, 1.82) is 0 Å². The van der Waals surface area contributed by atoms with Gasteiger partial charge in [0.15, 0.2) is 11.6 Å². The Morgan fingerprint density at radius 2 is 1.62 bits per heavy atom. The van der Waals surface area contributed by atoms with E-state index in [1.165, 1.54) is 6.20 Å². The Balaban J connectivity index is 1.61. The first-order valence-electron chi connectivity index (χ1n) is 7.83. The number of urea groups is 1. The van der Waals surface area contributed by atoms with E-state index in [2.05, 4.69) is 15.6 Å². The van der Waals surface area contributed by atoms with Gasteiger partial charge in [0.25, 0.3) is 0 Å². The van der Waals surface area contributed by atoms with Gasteiger partial charge in [-0.05, 0) is 43.3 Å². The van der Waals surface area contributed by atoms with Crippen molar-refractivity contribution in [3.63, 3.8) is 0 Å². The van der Waals surface area contributed by atoms with Gasteiger partial charge < -0.3 is 21.1 Å². The number of nitrogen functional groups attached to an aromatic ring is 1. The monoisotopic (exact) mass is 368 g/mol. The summed E-state index contributed by atoms with van der Waals surface area (Å²) in [5, 5.41) is 5.95. The fraction of sp³-hybridized carbons (Fsp3) is 0.0526. The number of pyridine rings is 1. The van der Waals surface area contributed by atoms with Crippen molar-refractivity contribution in [2.75, 3.05) is 16.4 Å². The fourth-order valence-corrected chi connectivity index (χ4v) is 2.32. The largest absolute Gasteiger partial charge is 0.453 e. The molecule has 0 unspecified atom stereocenters. The maximum absolute atomic E-state index is 12.0. The van der Waals surface area contributed by atoms with Gasteiger partial charge in [-0.3, -0.25) is 0 Å². The third kappa shape index (κ3) is 4.64. The molecule has 0 saturated carbocycles. The lowest BCUT2D eigenvalue weighted by Gasteiger charge is -2.10. The zero-order valence-corrected chi connectivity index (χ0v) is 14.7. The summed E-state index contributed by atoms with van der Waals surface area (Å²) in [5.41, 5.74) is 8.23. The summed E-state index contributed by atoms with van der Waals surface area (Å²) < 4.78 is 5.66. The van der Waals surface area contributed by atoms with E-state index in [1.54, 1.807) is 30.3 Å². The lowest BCUT2D eigenvalue weighted by molar-refractivity contribution is 0.262. The molecule has 7 heteroatoms. The normalized spacial score (nSPS) is 10.2. The van der Waals surface area contributed by atoms with E-state index in [4.69, 9.17) is 22.1 Å². The highest BCUT2D eigenvalue weighted by Crippen LogP contribution is 2.29. The van der Waals surface area contributed by atoms with E-state index in [1.807, 2.05) is 31.2 Å². The Morgan fingerprint density at radius 3 is 2.23 bits per heavy atom. The van der Waals surface area contributed by atoms with Crippen LogP contribution in [0.25, 0.3) is 0 Å². The number of halogens is 1. The van der Waals surface area contributed by atoms with Crippen LogP contribution in [-0.2, 0) is 0 Å². The summed E-state index contributed by atoms with van der Waals surface area (Å²) in [7, 11) is 0. The molecule has 3 aromatic rings. The summed E-state index contributed by atoms with van der Waals surface area (Å²) in [5.74, 6) is 1.16. The minimum atomic E-state index is -0.328. The van der Waals surface area contributed by atoms with Crippen LogP contribution in [0.2, 0.25) is 5.02 Å². The van der Waals surface area contributed by atoms with E-state index < -0.39 is 0 Å². The fourth-order valence-electron chi connectivity index (χ4n) is 2.18. The molecule has 0 aliphatic rings. The lowest BCUT2D eigenvalue weighted by atomic mass is 10.2. The number of ether oxygens (including phenoxy) is 1. The number of hydrogen-bond donors (Lipinski definition) is 3. The quantitative estimate of drug-likeness (QED) is 0.600. The minimum Gasteiger partial charge on any atom is -0.453 e. The third-order valence-electron chi connectivity index (χ3n) is 3.50. The van der Waals surface area contributed by atoms with E-state index in [0.717, 1.165) is 11.3 Å². The highest BCUT2D eigenvalue weighted by molar-refractivity contribution is 6.30. The van der Waals surface area contributed by atoms with Crippen LogP contribution >= 0.6 is 11.6 Å². The van der Waals surface area contributed by atoms with Crippen molar-refractivity contribution in [2.24, 2.45) is 0 Å². The second kappa shape index (κ2) is 7.76. The SMILES string of the molecule is Cc1ccc(NC(=O)Nc2ccc(Oc3cc(Cl)cnc3N)cc2)cc1. The van der Waals surface area contributed by atoms with Crippen LogP contribution in [0.4, 0.5) is 22.0 Å². The molecular formula is C19H17ClN4O2. The number of anilines is 3. The highest BCUT2D eigenvalue weighted by Gasteiger charge is 2.06. The van der Waals surface area contributed by atoms with Gasteiger partial charge in [-0.1, -0.05) is 29.3 Å². The number of nitrogens with one attached hydrogen (secondary N) is 2. The summed E-state index contributed by atoms with van der Waals surface area (Å²) in [6.45, 7) is 1.99. The molecule has 2 aromatic carbocycles. The van der Waals surface area contributed by atoms with Crippen molar-refractivity contribution in [1.82, 2.24) is 4.98 Å². The van der Waals surface area contributed by atoms with Gasteiger partial charge in [0.05, 0.1) is 5.02 Å². The van der Waals surface area contributed by atoms with E-state index in [0.29, 0.717) is 22.2 Å². The Bertz CT molecular complexity index is 912. The summed E-state index contributed by atoms with van der Waals surface area (Å²) in [4.78, 5) is 16.0. The molecule has 1 heterocycles. The molecule has 0 spiro atoms. The number of rotatable bonds is 4. The molecule has 0 radical (unpaired) electrons. The van der Waals surface area contributed by atoms with Gasteiger partial charge in [0, 0.05) is 23.6 Å². The summed E-state index contributed by atoms with van der Waals surface area (Å²) >= 11 is 5.89. The van der Waals surface area contributed by atoms with Gasteiger partial charge in [-0.25, -0.2) is 9.78 Å². The molecular weight excluding hydrogens is 352 g/mol. The van der Waals surface area contributed by atoms with Crippen molar-refractivity contribution in [3.05, 3.63) is 71.4 Å². The van der Waals surface area contributed by atoms with Crippen LogP contribution in [0, 0.1) is 6.92 Å². The van der Waals surface area contributed by atoms with Crippen LogP contribution in [0.5, 0.6) is 11.5 Å². The zero-order valence-electron chi connectivity index (χ0n) is 14.0. The number of amides is 2. The number of aryl methyl sites for hydroxylation is 1. The van der Waals surface area contributed by atoms with E-state index >= 15 is 0 Å². The van der Waals surface area contributed by atoms with E-state index in [-0.39, 0.29) is 11.8 Å². The van der Waals surface area contributed by atoms with Crippen molar-refractivity contribution in [2.45, 2.75) is 6.92 Å². The van der Waals surface area contributed by atoms with Crippen LogP contribution in [0.15, 0.2) is 60.8 Å². The van der Waals surface area contributed by atoms with Gasteiger partial charge >= 0.3 is 6.03 Å². The Morgan fingerprint density at radius 1 is 1.04 bits per heavy atom. The Hall–Kier alpha value is -3.25.